The highest BCUT2D eigenvalue weighted by atomic mass is 19.3. The van der Waals surface area contributed by atoms with Crippen LogP contribution in [0.25, 0.3) is 6.08 Å². The van der Waals surface area contributed by atoms with E-state index in [4.69, 9.17) is 4.74 Å². The molecule has 96 valence electrons. The molecule has 1 rings (SSSR count). The molecule has 1 aromatic rings. The highest BCUT2D eigenvalue weighted by Gasteiger charge is 2.17. The molecule has 0 fully saturated rings. The molecule has 0 unspecified atom stereocenters. The molecule has 0 aliphatic rings. The van der Waals surface area contributed by atoms with Gasteiger partial charge in [0.1, 0.15) is 5.75 Å². The van der Waals surface area contributed by atoms with Gasteiger partial charge in [0.25, 0.3) is 6.43 Å². The number of allylic oxidation sites excluding steroid dienone is 1. The highest BCUT2D eigenvalue weighted by Crippen LogP contribution is 2.12. The lowest BCUT2D eigenvalue weighted by Crippen LogP contribution is -2.13. The third-order valence-electron chi connectivity index (χ3n) is 2.17. The lowest BCUT2D eigenvalue weighted by Gasteiger charge is -1.99. The molecule has 0 spiro atoms. The number of carbonyl (C=O) groups excluding carboxylic acids is 2. The van der Waals surface area contributed by atoms with E-state index in [0.29, 0.717) is 11.3 Å². The third kappa shape index (κ3) is 4.45. The lowest BCUT2D eigenvalue weighted by atomic mass is 10.1. The van der Waals surface area contributed by atoms with Crippen LogP contribution in [0.4, 0.5) is 8.78 Å². The standard InChI is InChI=1S/C13H12F2O3/c1-18-11-6-3-9(4-7-11)2-5-10(16)8-12(17)13(14)15/h2-7,13H,8H2,1H3/b5-2+. The SMILES string of the molecule is COc1ccc(/C=C/C(=O)CC(=O)C(F)F)cc1. The van der Waals surface area contributed by atoms with Gasteiger partial charge in [0.2, 0.25) is 5.78 Å². The Morgan fingerprint density at radius 3 is 2.39 bits per heavy atom. The van der Waals surface area contributed by atoms with Crippen LogP contribution < -0.4 is 4.74 Å². The quantitative estimate of drug-likeness (QED) is 0.578. The zero-order valence-corrected chi connectivity index (χ0v) is 9.73. The van der Waals surface area contributed by atoms with E-state index in [1.165, 1.54) is 13.2 Å². The number of methoxy groups -OCH3 is 1. The lowest BCUT2D eigenvalue weighted by molar-refractivity contribution is -0.132. The summed E-state index contributed by atoms with van der Waals surface area (Å²) in [4.78, 5) is 21.8. The molecule has 0 saturated carbocycles. The van der Waals surface area contributed by atoms with Crippen LogP contribution in [0, 0.1) is 0 Å². The van der Waals surface area contributed by atoms with Gasteiger partial charge in [0, 0.05) is 0 Å². The molecule has 0 bridgehead atoms. The molecule has 0 heterocycles. The largest absolute Gasteiger partial charge is 0.497 e. The van der Waals surface area contributed by atoms with Crippen LogP contribution >= 0.6 is 0 Å². The Kier molecular flexibility index (Phi) is 5.17. The monoisotopic (exact) mass is 254 g/mol. The number of rotatable bonds is 6. The van der Waals surface area contributed by atoms with Crippen LogP contribution in [-0.4, -0.2) is 25.1 Å². The molecule has 18 heavy (non-hydrogen) atoms. The molecule has 0 amide bonds. The van der Waals surface area contributed by atoms with Crippen LogP contribution in [0.2, 0.25) is 0 Å². The van der Waals surface area contributed by atoms with E-state index in [-0.39, 0.29) is 0 Å². The van der Waals surface area contributed by atoms with Crippen molar-refractivity contribution in [2.75, 3.05) is 7.11 Å². The number of ketones is 2. The second kappa shape index (κ2) is 6.64. The molecule has 0 aliphatic carbocycles. The Morgan fingerprint density at radius 1 is 1.28 bits per heavy atom. The number of ether oxygens (including phenoxy) is 1. The Bertz CT molecular complexity index is 450. The topological polar surface area (TPSA) is 43.4 Å². The molecule has 0 aliphatic heterocycles. The van der Waals surface area contributed by atoms with Gasteiger partial charge in [-0.1, -0.05) is 18.2 Å². The maximum atomic E-state index is 11.9. The van der Waals surface area contributed by atoms with E-state index >= 15 is 0 Å². The van der Waals surface area contributed by atoms with E-state index in [0.717, 1.165) is 6.08 Å². The minimum absolute atomic E-state index is 0.642. The molecular weight excluding hydrogens is 242 g/mol. The van der Waals surface area contributed by atoms with E-state index in [9.17, 15) is 18.4 Å². The Labute approximate surface area is 103 Å². The average molecular weight is 254 g/mol. The maximum Gasteiger partial charge on any atom is 0.296 e. The molecule has 5 heteroatoms. The van der Waals surface area contributed by atoms with Crippen molar-refractivity contribution in [3.63, 3.8) is 0 Å². The van der Waals surface area contributed by atoms with Crippen LogP contribution in [0.5, 0.6) is 5.75 Å². The number of alkyl halides is 2. The molecule has 0 atom stereocenters. The average Bonchev–Trinajstić information content (AvgIpc) is 2.36. The fourth-order valence-electron chi connectivity index (χ4n) is 1.21. The molecule has 3 nitrogen and oxygen atoms in total. The van der Waals surface area contributed by atoms with Gasteiger partial charge < -0.3 is 4.74 Å². The first-order chi connectivity index (χ1) is 8.52. The Balaban J connectivity index is 2.57. The molecule has 0 saturated heterocycles. The van der Waals surface area contributed by atoms with Gasteiger partial charge in [-0.05, 0) is 23.8 Å². The zero-order valence-electron chi connectivity index (χ0n) is 9.73. The summed E-state index contributed by atoms with van der Waals surface area (Å²) in [5.74, 6) is -1.33. The van der Waals surface area contributed by atoms with Crippen molar-refractivity contribution in [3.05, 3.63) is 35.9 Å². The van der Waals surface area contributed by atoms with Crippen LogP contribution in [-0.2, 0) is 9.59 Å². The third-order valence-corrected chi connectivity index (χ3v) is 2.17. The fourth-order valence-corrected chi connectivity index (χ4v) is 1.21. The van der Waals surface area contributed by atoms with Gasteiger partial charge in [-0.25, -0.2) is 8.78 Å². The summed E-state index contributed by atoms with van der Waals surface area (Å²) in [6.07, 6.45) is -1.30. The summed E-state index contributed by atoms with van der Waals surface area (Å²) in [7, 11) is 1.53. The number of hydrogen-bond acceptors (Lipinski definition) is 3. The maximum absolute atomic E-state index is 11.9. The van der Waals surface area contributed by atoms with Crippen molar-refractivity contribution in [2.45, 2.75) is 12.8 Å². The first kappa shape index (κ1) is 14.0. The summed E-state index contributed by atoms with van der Waals surface area (Å²) in [6.45, 7) is 0. The number of benzene rings is 1. The summed E-state index contributed by atoms with van der Waals surface area (Å²) < 4.78 is 28.7. The van der Waals surface area contributed by atoms with Gasteiger partial charge in [0.15, 0.2) is 5.78 Å². The van der Waals surface area contributed by atoms with Crippen molar-refractivity contribution in [1.29, 1.82) is 0 Å². The van der Waals surface area contributed by atoms with Crippen LogP contribution in [0.15, 0.2) is 30.3 Å². The fraction of sp³-hybridized carbons (Fsp3) is 0.231. The normalized spacial score (nSPS) is 10.9. The summed E-state index contributed by atoms with van der Waals surface area (Å²) in [5, 5.41) is 0. The molecule has 1 aromatic carbocycles. The second-order valence-corrected chi connectivity index (χ2v) is 3.52. The van der Waals surface area contributed by atoms with E-state index in [1.807, 2.05) is 0 Å². The van der Waals surface area contributed by atoms with Crippen LogP contribution in [0.3, 0.4) is 0 Å². The van der Waals surface area contributed by atoms with Crippen molar-refractivity contribution in [2.24, 2.45) is 0 Å². The Hall–Kier alpha value is -2.04. The smallest absolute Gasteiger partial charge is 0.296 e. The molecular formula is C13H12F2O3. The number of Topliss-reactive ketones (excluding diaryl/α,β-unsaturated/α-hetero) is 1. The van der Waals surface area contributed by atoms with Crippen LogP contribution in [0.1, 0.15) is 12.0 Å². The van der Waals surface area contributed by atoms with Gasteiger partial charge in [-0.3, -0.25) is 9.59 Å². The number of halogens is 2. The summed E-state index contributed by atoms with van der Waals surface area (Å²) in [6, 6.07) is 6.82. The number of carbonyl (C=O) groups is 2. The van der Waals surface area contributed by atoms with Crippen molar-refractivity contribution in [1.82, 2.24) is 0 Å². The summed E-state index contributed by atoms with van der Waals surface area (Å²) >= 11 is 0. The van der Waals surface area contributed by atoms with Gasteiger partial charge in [-0.15, -0.1) is 0 Å². The van der Waals surface area contributed by atoms with Crippen molar-refractivity contribution >= 4 is 17.6 Å². The molecule has 0 aromatic heterocycles. The van der Waals surface area contributed by atoms with Crippen molar-refractivity contribution < 1.29 is 23.1 Å². The predicted molar refractivity (Wildman–Crippen MR) is 62.7 cm³/mol. The summed E-state index contributed by atoms with van der Waals surface area (Å²) in [5.41, 5.74) is 0.716. The molecule has 0 radical (unpaired) electrons. The minimum Gasteiger partial charge on any atom is -0.497 e. The van der Waals surface area contributed by atoms with E-state index < -0.39 is 24.4 Å². The van der Waals surface area contributed by atoms with E-state index in [1.54, 1.807) is 24.3 Å². The first-order valence-corrected chi connectivity index (χ1v) is 5.18. The van der Waals surface area contributed by atoms with Gasteiger partial charge in [0.05, 0.1) is 13.5 Å². The molecule has 0 N–H and O–H groups in total. The van der Waals surface area contributed by atoms with E-state index in [2.05, 4.69) is 0 Å². The zero-order chi connectivity index (χ0) is 13.5. The minimum atomic E-state index is -3.09. The number of hydrogen-bond donors (Lipinski definition) is 0. The Morgan fingerprint density at radius 2 is 1.89 bits per heavy atom. The van der Waals surface area contributed by atoms with Gasteiger partial charge in [-0.2, -0.15) is 0 Å². The predicted octanol–water partition coefficient (Wildman–Crippen LogP) is 2.50. The van der Waals surface area contributed by atoms with Gasteiger partial charge >= 0.3 is 0 Å². The highest BCUT2D eigenvalue weighted by molar-refractivity contribution is 6.07. The second-order valence-electron chi connectivity index (χ2n) is 3.52. The van der Waals surface area contributed by atoms with Crippen molar-refractivity contribution in [3.8, 4) is 5.75 Å². The first-order valence-electron chi connectivity index (χ1n) is 5.18.